The molecule has 1 amide bonds. The van der Waals surface area contributed by atoms with E-state index >= 15 is 0 Å². The molecule has 0 saturated heterocycles. The molecular formula is C14H16BrNO2. The van der Waals surface area contributed by atoms with Crippen LogP contribution in [0.4, 0.5) is 0 Å². The van der Waals surface area contributed by atoms with Crippen LogP contribution in [0.2, 0.25) is 0 Å². The average molecular weight is 310 g/mol. The highest BCUT2D eigenvalue weighted by Crippen LogP contribution is 2.44. The van der Waals surface area contributed by atoms with Crippen LogP contribution in [0.1, 0.15) is 36.0 Å². The maximum absolute atomic E-state index is 12.2. The summed E-state index contributed by atoms with van der Waals surface area (Å²) in [6.45, 7) is 0. The Labute approximate surface area is 115 Å². The number of carbonyl (C=O) groups excluding carboxylic acids is 1. The molecule has 3 rings (SSSR count). The first kappa shape index (κ1) is 12.0. The quantitative estimate of drug-likeness (QED) is 0.898. The van der Waals surface area contributed by atoms with Crippen molar-refractivity contribution >= 4 is 21.8 Å². The first-order valence-corrected chi connectivity index (χ1v) is 7.24. The third-order valence-electron chi connectivity index (χ3n) is 3.76. The third kappa shape index (κ3) is 2.53. The van der Waals surface area contributed by atoms with Gasteiger partial charge in [-0.05, 0) is 55.7 Å². The second kappa shape index (κ2) is 4.57. The molecule has 2 aliphatic carbocycles. The number of amides is 1. The molecule has 18 heavy (non-hydrogen) atoms. The van der Waals surface area contributed by atoms with Crippen molar-refractivity contribution in [1.82, 2.24) is 5.32 Å². The molecule has 0 spiro atoms. The minimum absolute atomic E-state index is 0.0426. The minimum atomic E-state index is -0.155. The van der Waals surface area contributed by atoms with Crippen LogP contribution in [0.3, 0.4) is 0 Å². The summed E-state index contributed by atoms with van der Waals surface area (Å²) in [6.07, 6.45) is 4.91. The van der Waals surface area contributed by atoms with E-state index in [0.717, 1.165) is 4.47 Å². The smallest absolute Gasteiger partial charge is 0.255 e. The molecule has 0 heterocycles. The Bertz CT molecular complexity index is 469. The molecule has 2 N–H and O–H groups in total. The van der Waals surface area contributed by atoms with Crippen LogP contribution in [0.5, 0.6) is 5.75 Å². The molecule has 0 aromatic heterocycles. The Morgan fingerprint density at radius 1 is 1.28 bits per heavy atom. The van der Waals surface area contributed by atoms with Crippen molar-refractivity contribution in [2.24, 2.45) is 11.8 Å². The number of halogens is 1. The summed E-state index contributed by atoms with van der Waals surface area (Å²) >= 11 is 3.32. The van der Waals surface area contributed by atoms with Gasteiger partial charge in [0.05, 0.1) is 5.56 Å². The summed E-state index contributed by atoms with van der Waals surface area (Å²) in [7, 11) is 0. The van der Waals surface area contributed by atoms with Crippen LogP contribution in [0.25, 0.3) is 0 Å². The van der Waals surface area contributed by atoms with E-state index in [9.17, 15) is 9.90 Å². The number of hydrogen-bond acceptors (Lipinski definition) is 2. The van der Waals surface area contributed by atoms with Crippen LogP contribution in [0.15, 0.2) is 22.7 Å². The lowest BCUT2D eigenvalue weighted by Crippen LogP contribution is -2.38. The monoisotopic (exact) mass is 309 g/mol. The normalized spacial score (nSPS) is 19.0. The van der Waals surface area contributed by atoms with Crippen molar-refractivity contribution in [3.63, 3.8) is 0 Å². The fourth-order valence-corrected chi connectivity index (χ4v) is 2.81. The Kier molecular flexibility index (Phi) is 3.06. The molecular weight excluding hydrogens is 294 g/mol. The van der Waals surface area contributed by atoms with Crippen molar-refractivity contribution in [3.05, 3.63) is 28.2 Å². The number of carbonyl (C=O) groups is 1. The van der Waals surface area contributed by atoms with Gasteiger partial charge in [-0.1, -0.05) is 15.9 Å². The number of hydrogen-bond donors (Lipinski definition) is 2. The van der Waals surface area contributed by atoms with Crippen LogP contribution in [-0.2, 0) is 0 Å². The van der Waals surface area contributed by atoms with Crippen molar-refractivity contribution in [2.45, 2.75) is 31.7 Å². The van der Waals surface area contributed by atoms with Gasteiger partial charge in [0.25, 0.3) is 5.91 Å². The van der Waals surface area contributed by atoms with Gasteiger partial charge in [0.1, 0.15) is 5.75 Å². The summed E-state index contributed by atoms with van der Waals surface area (Å²) in [5.74, 6) is 1.21. The van der Waals surface area contributed by atoms with Gasteiger partial charge in [0.2, 0.25) is 0 Å². The summed E-state index contributed by atoms with van der Waals surface area (Å²) in [5, 5.41) is 12.9. The molecule has 3 nitrogen and oxygen atoms in total. The Hall–Kier alpha value is -1.03. The maximum atomic E-state index is 12.2. The van der Waals surface area contributed by atoms with Crippen LogP contribution >= 0.6 is 15.9 Å². The van der Waals surface area contributed by atoms with Gasteiger partial charge in [-0.2, -0.15) is 0 Å². The van der Waals surface area contributed by atoms with Gasteiger partial charge < -0.3 is 10.4 Å². The number of aromatic hydroxyl groups is 1. The fourth-order valence-electron chi connectivity index (χ4n) is 2.45. The van der Waals surface area contributed by atoms with Crippen LogP contribution < -0.4 is 5.32 Å². The second-order valence-electron chi connectivity index (χ2n) is 5.34. The average Bonchev–Trinajstić information content (AvgIpc) is 3.21. The second-order valence-corrected chi connectivity index (χ2v) is 6.25. The van der Waals surface area contributed by atoms with Gasteiger partial charge in [-0.25, -0.2) is 0 Å². The lowest BCUT2D eigenvalue weighted by molar-refractivity contribution is 0.0923. The van der Waals surface area contributed by atoms with E-state index in [-0.39, 0.29) is 11.7 Å². The van der Waals surface area contributed by atoms with Crippen molar-refractivity contribution in [2.75, 3.05) is 0 Å². The molecule has 2 fully saturated rings. The standard InChI is InChI=1S/C14H16BrNO2/c15-10-5-6-12(17)11(7-10)14(18)16-13(8-1-2-8)9-3-4-9/h5-9,13,17H,1-4H2,(H,16,18). The SMILES string of the molecule is O=C(NC(C1CC1)C1CC1)c1cc(Br)ccc1O. The highest BCUT2D eigenvalue weighted by molar-refractivity contribution is 9.10. The van der Waals surface area contributed by atoms with Gasteiger partial charge in [-0.15, -0.1) is 0 Å². The van der Waals surface area contributed by atoms with Gasteiger partial charge in [0, 0.05) is 10.5 Å². The minimum Gasteiger partial charge on any atom is -0.507 e. The maximum Gasteiger partial charge on any atom is 0.255 e. The topological polar surface area (TPSA) is 49.3 Å². The Morgan fingerprint density at radius 2 is 1.89 bits per heavy atom. The fraction of sp³-hybridized carbons (Fsp3) is 0.500. The van der Waals surface area contributed by atoms with Crippen LogP contribution in [-0.4, -0.2) is 17.1 Å². The summed E-state index contributed by atoms with van der Waals surface area (Å²) in [4.78, 5) is 12.2. The molecule has 1 aromatic carbocycles. The zero-order chi connectivity index (χ0) is 12.7. The number of benzene rings is 1. The molecule has 0 unspecified atom stereocenters. The van der Waals surface area contributed by atoms with E-state index in [0.29, 0.717) is 23.4 Å². The number of nitrogens with one attached hydrogen (secondary N) is 1. The molecule has 0 aliphatic heterocycles. The summed E-state index contributed by atoms with van der Waals surface area (Å²) in [6, 6.07) is 5.26. The highest BCUT2D eigenvalue weighted by Gasteiger charge is 2.42. The van der Waals surface area contributed by atoms with E-state index < -0.39 is 0 Å². The van der Waals surface area contributed by atoms with Crippen molar-refractivity contribution in [1.29, 1.82) is 0 Å². The van der Waals surface area contributed by atoms with E-state index in [4.69, 9.17) is 0 Å². The van der Waals surface area contributed by atoms with E-state index in [1.54, 1.807) is 18.2 Å². The Morgan fingerprint density at radius 3 is 2.44 bits per heavy atom. The summed E-state index contributed by atoms with van der Waals surface area (Å²) < 4.78 is 0.805. The van der Waals surface area contributed by atoms with E-state index in [1.807, 2.05) is 0 Å². The predicted molar refractivity (Wildman–Crippen MR) is 72.5 cm³/mol. The van der Waals surface area contributed by atoms with E-state index in [1.165, 1.54) is 25.7 Å². The first-order valence-electron chi connectivity index (χ1n) is 6.44. The number of phenols is 1. The molecule has 4 heteroatoms. The third-order valence-corrected chi connectivity index (χ3v) is 4.25. The largest absolute Gasteiger partial charge is 0.507 e. The highest BCUT2D eigenvalue weighted by atomic mass is 79.9. The summed E-state index contributed by atoms with van der Waals surface area (Å²) in [5.41, 5.74) is 0.357. The molecule has 0 bridgehead atoms. The lowest BCUT2D eigenvalue weighted by atomic mass is 10.1. The van der Waals surface area contributed by atoms with Gasteiger partial charge in [0.15, 0.2) is 0 Å². The number of rotatable bonds is 4. The predicted octanol–water partition coefficient (Wildman–Crippen LogP) is 3.07. The lowest BCUT2D eigenvalue weighted by Gasteiger charge is -2.18. The molecule has 2 aliphatic rings. The number of phenolic OH excluding ortho intramolecular Hbond substituents is 1. The first-order chi connectivity index (χ1) is 8.65. The Balaban J connectivity index is 1.75. The molecule has 2 saturated carbocycles. The van der Waals surface area contributed by atoms with Gasteiger partial charge >= 0.3 is 0 Å². The van der Waals surface area contributed by atoms with E-state index in [2.05, 4.69) is 21.2 Å². The molecule has 96 valence electrons. The molecule has 0 radical (unpaired) electrons. The zero-order valence-electron chi connectivity index (χ0n) is 10.0. The zero-order valence-corrected chi connectivity index (χ0v) is 11.6. The van der Waals surface area contributed by atoms with Crippen LogP contribution in [0, 0.1) is 11.8 Å². The molecule has 1 aromatic rings. The van der Waals surface area contributed by atoms with Gasteiger partial charge in [-0.3, -0.25) is 4.79 Å². The van der Waals surface area contributed by atoms with Crippen molar-refractivity contribution in [3.8, 4) is 5.75 Å². The molecule has 0 atom stereocenters. The van der Waals surface area contributed by atoms with Crippen molar-refractivity contribution < 1.29 is 9.90 Å².